The summed E-state index contributed by atoms with van der Waals surface area (Å²) in [5.74, 6) is -5.31. The number of nitrogens with one attached hydrogen (secondary N) is 1. The molecule has 145 heavy (non-hydrogen) atoms. The molecule has 0 aromatic rings. The van der Waals surface area contributed by atoms with Gasteiger partial charge in [-0.25, -0.2) is 9.59 Å². The second-order valence-corrected chi connectivity index (χ2v) is 44.2. The fourth-order valence-electron chi connectivity index (χ4n) is 24.7. The van der Waals surface area contributed by atoms with Crippen LogP contribution in [0.4, 0.5) is 0 Å². The normalized spacial score (nSPS) is 47.7. The molecule has 13 aliphatic rings. The number of fused-ring (bicyclic) bond motifs is 7. The third-order valence-electron chi connectivity index (χ3n) is 34.0. The number of rotatable bonds is 35. The first-order valence-corrected chi connectivity index (χ1v) is 50.0. The number of aliphatic hydroxyl groups excluding tert-OH is 23. The van der Waals surface area contributed by atoms with Gasteiger partial charge in [-0.2, -0.15) is 0 Å². The van der Waals surface area contributed by atoms with Crippen LogP contribution in [-0.2, 0) is 104 Å². The molecule has 0 bridgehead atoms. The van der Waals surface area contributed by atoms with Crippen molar-refractivity contribution in [3.8, 4) is 0 Å². The van der Waals surface area contributed by atoms with E-state index >= 15 is 9.59 Å². The number of ether oxygens (including phenoxy) is 18. The zero-order valence-electron chi connectivity index (χ0n) is 83.9. The Morgan fingerprint density at radius 3 is 1.59 bits per heavy atom. The minimum atomic E-state index is -2.30. The quantitative estimate of drug-likeness (QED) is 0.00924. The van der Waals surface area contributed by atoms with Gasteiger partial charge in [0.15, 0.2) is 56.2 Å². The molecular formula is C98H155NO46. The highest BCUT2D eigenvalue weighted by molar-refractivity contribution is 5.89. The van der Waals surface area contributed by atoms with E-state index in [9.17, 15) is 132 Å². The molecule has 0 spiro atoms. The van der Waals surface area contributed by atoms with Crippen molar-refractivity contribution in [1.82, 2.24) is 5.32 Å². The Balaban J connectivity index is 0.788. The van der Waals surface area contributed by atoms with Crippen LogP contribution in [0.25, 0.3) is 0 Å². The number of amides is 1. The van der Waals surface area contributed by atoms with Crippen LogP contribution in [-0.4, -0.2) is 456 Å². The van der Waals surface area contributed by atoms with Gasteiger partial charge in [-0.05, 0) is 145 Å². The number of aliphatic hydroxyl groups is 24. The Hall–Kier alpha value is -4.98. The first-order chi connectivity index (χ1) is 68.0. The molecule has 25 N–H and O–H groups in total. The van der Waals surface area contributed by atoms with Crippen LogP contribution in [0, 0.1) is 50.2 Å². The lowest BCUT2D eigenvalue weighted by Crippen LogP contribution is -2.70. The summed E-state index contributed by atoms with van der Waals surface area (Å²) in [4.78, 5) is 58.3. The van der Waals surface area contributed by atoms with Crippen molar-refractivity contribution >= 4 is 23.8 Å². The summed E-state index contributed by atoms with van der Waals surface area (Å²) < 4.78 is 110. The molecule has 4 saturated carbocycles. The lowest BCUT2D eigenvalue weighted by atomic mass is 9.33. The maximum absolute atomic E-state index is 16.9. The maximum atomic E-state index is 16.9. The summed E-state index contributed by atoms with van der Waals surface area (Å²) in [6.45, 7) is 24.4. The predicted molar refractivity (Wildman–Crippen MR) is 490 cm³/mol. The molecule has 50 unspecified atom stereocenters. The van der Waals surface area contributed by atoms with E-state index < -0.39 is 378 Å². The molecule has 13 rings (SSSR count). The Bertz CT molecular complexity index is 4490. The van der Waals surface area contributed by atoms with E-state index in [4.69, 9.17) is 85.3 Å². The largest absolute Gasteiger partial charge is 0.458 e. The van der Waals surface area contributed by atoms with Gasteiger partial charge in [0.05, 0.1) is 87.4 Å². The first kappa shape index (κ1) is 117. The molecular weight excluding hydrogens is 1930 g/mol. The molecule has 47 nitrogen and oxygen atoms in total. The Labute approximate surface area is 839 Å². The fourth-order valence-corrected chi connectivity index (χ4v) is 24.7. The van der Waals surface area contributed by atoms with Crippen molar-refractivity contribution in [2.75, 3.05) is 46.2 Å². The Morgan fingerprint density at radius 1 is 0.483 bits per heavy atom. The van der Waals surface area contributed by atoms with Gasteiger partial charge in [0.2, 0.25) is 12.2 Å². The van der Waals surface area contributed by atoms with Gasteiger partial charge >= 0.3 is 17.9 Å². The second kappa shape index (κ2) is 46.4. The summed E-state index contributed by atoms with van der Waals surface area (Å²) >= 11 is 0. The van der Waals surface area contributed by atoms with Crippen molar-refractivity contribution in [2.24, 2.45) is 50.2 Å². The summed E-state index contributed by atoms with van der Waals surface area (Å²) in [5.41, 5.74) is -8.72. The summed E-state index contributed by atoms with van der Waals surface area (Å²) in [5, 5.41) is 272. The van der Waals surface area contributed by atoms with Gasteiger partial charge in [0, 0.05) is 24.3 Å². The smallest absolute Gasteiger partial charge is 0.336 e. The molecule has 1 amide bonds. The minimum Gasteiger partial charge on any atom is -0.458 e. The van der Waals surface area contributed by atoms with Gasteiger partial charge in [-0.3, -0.25) is 9.59 Å². The first-order valence-electron chi connectivity index (χ1n) is 50.0. The molecule has 8 aliphatic heterocycles. The molecule has 5 aliphatic carbocycles. The molecule has 0 aromatic carbocycles. The topological polar surface area (TPSA) is 732 Å². The third-order valence-corrected chi connectivity index (χ3v) is 34.0. The lowest BCUT2D eigenvalue weighted by molar-refractivity contribution is -0.390. The van der Waals surface area contributed by atoms with Gasteiger partial charge in [0.1, 0.15) is 170 Å². The van der Waals surface area contributed by atoms with Crippen molar-refractivity contribution in [1.29, 1.82) is 0 Å². The number of carbonyl (C=O) groups excluding carboxylic acids is 4. The number of carbonyl (C=O) groups is 4. The molecule has 8 saturated heterocycles. The summed E-state index contributed by atoms with van der Waals surface area (Å²) in [6.07, 6.45) is -61.2. The third kappa shape index (κ3) is 23.0. The van der Waals surface area contributed by atoms with E-state index in [0.29, 0.717) is 37.7 Å². The van der Waals surface area contributed by atoms with Crippen LogP contribution in [0.1, 0.15) is 167 Å². The standard InChI is InChI=1S/C98H155NO46/c1-16-93(11,127)26-18-20-40(3)80(124)139-75-41(4)131-87(73(122)69(75)118)145-94(12,17-2)27-19-21-44(33-100)81(125)137-57-32-98(90(126)144-89-79(68(117)62(111)50(36-103)135-89)143-86-74(123)77(141-85-72(121)66(115)60(109)48(34-101)132-85)76(42(5)130-86)140-84-71(120)63(112)51(37-104)133-84)46(30-91(57,7)8)45-22-23-54-95(13)28-25-56(92(9,10)53(95)24-29-96(54,14)97(45,15)31-55(98)107)138-82-58(99-43(6)105)65(114)64(113)52(136-82)39-129-88-78(67(116)61(110)49(35-102)134-88)142-83-70(119)59(108)47(106)38-128-83/h16-17,20-22,41-42,46-79,82-89,100-104,106-123,127H,1-2,18-19,23-39H2,3-15H3,(H,99,105). The van der Waals surface area contributed by atoms with E-state index in [1.54, 1.807) is 33.8 Å². The predicted octanol–water partition coefficient (Wildman–Crippen LogP) is -5.92. The number of hydrogen-bond acceptors (Lipinski definition) is 46. The van der Waals surface area contributed by atoms with E-state index in [1.807, 2.05) is 20.8 Å². The van der Waals surface area contributed by atoms with Gasteiger partial charge < -0.3 is 213 Å². The van der Waals surface area contributed by atoms with Crippen LogP contribution >= 0.6 is 0 Å². The van der Waals surface area contributed by atoms with Gasteiger partial charge in [-0.1, -0.05) is 84.4 Å². The minimum absolute atomic E-state index is 0.0347. The highest BCUT2D eigenvalue weighted by Gasteiger charge is 2.74. The summed E-state index contributed by atoms with van der Waals surface area (Å²) in [7, 11) is 0. The molecule has 47 heteroatoms. The maximum Gasteiger partial charge on any atom is 0.336 e. The van der Waals surface area contributed by atoms with Crippen molar-refractivity contribution in [2.45, 2.75) is 430 Å². The molecule has 12 fully saturated rings. The van der Waals surface area contributed by atoms with Gasteiger partial charge in [-0.15, -0.1) is 13.2 Å². The monoisotopic (exact) mass is 2080 g/mol. The van der Waals surface area contributed by atoms with E-state index in [-0.39, 0.29) is 61.5 Å². The highest BCUT2D eigenvalue weighted by atomic mass is 16.8. The number of esters is 3. The molecule has 828 valence electrons. The Morgan fingerprint density at radius 2 is 0.993 bits per heavy atom. The molecule has 8 heterocycles. The molecule has 0 radical (unpaired) electrons. The average molecular weight is 2080 g/mol. The van der Waals surface area contributed by atoms with Crippen LogP contribution < -0.4 is 5.32 Å². The van der Waals surface area contributed by atoms with Crippen LogP contribution in [0.3, 0.4) is 0 Å². The van der Waals surface area contributed by atoms with E-state index in [0.717, 1.165) is 0 Å². The number of hydrogen-bond donors (Lipinski definition) is 25. The van der Waals surface area contributed by atoms with Crippen molar-refractivity contribution in [3.63, 3.8) is 0 Å². The highest BCUT2D eigenvalue weighted by Crippen LogP contribution is 2.76. The zero-order valence-corrected chi connectivity index (χ0v) is 83.9. The second-order valence-electron chi connectivity index (χ2n) is 44.2. The summed E-state index contributed by atoms with van der Waals surface area (Å²) in [6, 6.07) is -1.41. The van der Waals surface area contributed by atoms with E-state index in [2.05, 4.69) is 38.4 Å². The number of allylic oxidation sites excluding steroid dienone is 4. The van der Waals surface area contributed by atoms with E-state index in [1.165, 1.54) is 45.9 Å². The zero-order chi connectivity index (χ0) is 107. The van der Waals surface area contributed by atoms with Crippen LogP contribution in [0.15, 0.2) is 60.3 Å². The van der Waals surface area contributed by atoms with Gasteiger partial charge in [0.25, 0.3) is 0 Å². The Kier molecular flexibility index (Phi) is 37.4. The SMILES string of the molecule is C=CC(C)(O)CCC=C(C)C(=O)OC1C(C)OC(OC(C)(C=C)CCC=C(CO)C(=O)OC2CC3(C(=O)OC4OC(CO)C(O)C(O)C4OC4OC(C)C(OC5OC(CO)C(O)C5O)C(OC5OC(CO)C(O)C(O)C5O)C4O)C(O)CC4(C)C(=CCC5C6(C)CCC(OC7OC(COC8OC(CO)C(O)C(O)C8OC8OCC(O)C(O)C8O)C(O)C(O)C7NC(C)=O)C(C)(C)C6CCC54C)C3CC2(C)C)C(O)C1O. The average Bonchev–Trinajstić information content (AvgIpc) is 1.05. The lowest BCUT2D eigenvalue weighted by Gasteiger charge is -2.72. The molecule has 0 aromatic heterocycles. The van der Waals surface area contributed by atoms with Crippen LogP contribution in [0.2, 0.25) is 0 Å². The van der Waals surface area contributed by atoms with Crippen molar-refractivity contribution in [3.05, 3.63) is 60.3 Å². The van der Waals surface area contributed by atoms with Crippen LogP contribution in [0.5, 0.6) is 0 Å². The fraction of sp³-hybridized carbons (Fsp3) is 0.857. The molecule has 50 atom stereocenters. The van der Waals surface area contributed by atoms with Crippen molar-refractivity contribution < 1.29 is 227 Å².